The van der Waals surface area contributed by atoms with Gasteiger partial charge in [0.05, 0.1) is 0 Å². The van der Waals surface area contributed by atoms with Crippen molar-refractivity contribution in [3.63, 3.8) is 0 Å². The minimum atomic E-state index is -1.31. The van der Waals surface area contributed by atoms with Crippen molar-refractivity contribution in [2.75, 3.05) is 0 Å². The third kappa shape index (κ3) is 3.29. The van der Waals surface area contributed by atoms with Crippen LogP contribution in [0.5, 0.6) is 0 Å². The average Bonchev–Trinajstić information content (AvgIpc) is 2.51. The summed E-state index contributed by atoms with van der Waals surface area (Å²) >= 11 is 0. The molecule has 0 spiro atoms. The second kappa shape index (κ2) is 7.26. The molecule has 2 heteroatoms. The van der Waals surface area contributed by atoms with E-state index in [0.717, 1.165) is 0 Å². The topological polar surface area (TPSA) is 0 Å². The van der Waals surface area contributed by atoms with Gasteiger partial charge in [0, 0.05) is 17.4 Å². The van der Waals surface area contributed by atoms with E-state index in [1.54, 1.807) is 0 Å². The molecule has 0 fully saturated rings. The van der Waals surface area contributed by atoms with Crippen LogP contribution in [0.25, 0.3) is 0 Å². The van der Waals surface area contributed by atoms with Crippen molar-refractivity contribution < 1.29 is 17.4 Å². The predicted molar refractivity (Wildman–Crippen MR) is 85.4 cm³/mol. The fourth-order valence-corrected chi connectivity index (χ4v) is 5.49. The maximum Gasteiger partial charge on any atom is 0.132 e. The van der Waals surface area contributed by atoms with Gasteiger partial charge in [0.1, 0.15) is 8.80 Å². The van der Waals surface area contributed by atoms with Crippen molar-refractivity contribution in [2.24, 2.45) is 0 Å². The van der Waals surface area contributed by atoms with E-state index in [0.29, 0.717) is 0 Å². The Balaban J connectivity index is 0.00000147. The van der Waals surface area contributed by atoms with Crippen molar-refractivity contribution in [3.05, 3.63) is 91.0 Å². The van der Waals surface area contributed by atoms with Gasteiger partial charge in [0.25, 0.3) is 0 Å². The van der Waals surface area contributed by atoms with E-state index in [4.69, 9.17) is 0 Å². The Bertz CT molecular complexity index is 529. The molecule has 3 aromatic rings. The minimum Gasteiger partial charge on any atom is -0.0625 e. The van der Waals surface area contributed by atoms with Crippen molar-refractivity contribution in [3.8, 4) is 0 Å². The van der Waals surface area contributed by atoms with Gasteiger partial charge in [-0.2, -0.15) is 0 Å². The van der Waals surface area contributed by atoms with E-state index in [1.165, 1.54) is 15.6 Å². The van der Waals surface area contributed by atoms with Crippen LogP contribution in [0.3, 0.4) is 0 Å². The minimum absolute atomic E-state index is 0. The fourth-order valence-electron chi connectivity index (χ4n) is 2.51. The molecule has 0 saturated carbocycles. The van der Waals surface area contributed by atoms with Crippen molar-refractivity contribution in [1.29, 1.82) is 0 Å². The quantitative estimate of drug-likeness (QED) is 0.512. The Morgan fingerprint density at radius 2 is 0.650 bits per heavy atom. The van der Waals surface area contributed by atoms with E-state index >= 15 is 0 Å². The summed E-state index contributed by atoms with van der Waals surface area (Å²) in [5.74, 6) is 0. The van der Waals surface area contributed by atoms with Gasteiger partial charge in [0.15, 0.2) is 0 Å². The maximum atomic E-state index is 2.26. The van der Waals surface area contributed by atoms with Crippen LogP contribution in [-0.4, -0.2) is 8.80 Å². The monoisotopic (exact) mass is 312 g/mol. The van der Waals surface area contributed by atoms with Crippen LogP contribution in [0.1, 0.15) is 0 Å². The number of hydrogen-bond donors (Lipinski definition) is 0. The molecule has 0 N–H and O–H groups in total. The summed E-state index contributed by atoms with van der Waals surface area (Å²) in [6.07, 6.45) is 0. The fraction of sp³-hybridized carbons (Fsp3) is 0. The molecule has 0 atom stereocenters. The molecule has 20 heavy (non-hydrogen) atoms. The Morgan fingerprint density at radius 3 is 0.900 bits per heavy atom. The molecule has 0 aromatic heterocycles. The van der Waals surface area contributed by atoms with Crippen LogP contribution in [0.2, 0.25) is 0 Å². The van der Waals surface area contributed by atoms with Gasteiger partial charge in [-0.25, -0.2) is 0 Å². The largest absolute Gasteiger partial charge is 0.132 e. The van der Waals surface area contributed by atoms with Crippen molar-refractivity contribution in [2.45, 2.75) is 0 Å². The summed E-state index contributed by atoms with van der Waals surface area (Å²) in [6.45, 7) is 0. The van der Waals surface area contributed by atoms with Gasteiger partial charge < -0.3 is 0 Å². The van der Waals surface area contributed by atoms with Crippen LogP contribution in [0, 0.1) is 0 Å². The van der Waals surface area contributed by atoms with E-state index in [9.17, 15) is 0 Å². The molecule has 0 nitrogen and oxygen atoms in total. The smallest absolute Gasteiger partial charge is 0.0625 e. The van der Waals surface area contributed by atoms with Gasteiger partial charge in [-0.05, 0) is 0 Å². The second-order valence-corrected chi connectivity index (χ2v) is 7.53. The average molecular weight is 312 g/mol. The van der Waals surface area contributed by atoms with Gasteiger partial charge in [-0.15, -0.1) is 0 Å². The Morgan fingerprint density at radius 1 is 0.400 bits per heavy atom. The maximum absolute atomic E-state index is 2.26. The summed E-state index contributed by atoms with van der Waals surface area (Å²) in [5, 5.41) is 4.42. The number of hydrogen-bond acceptors (Lipinski definition) is 0. The summed E-state index contributed by atoms with van der Waals surface area (Å²) in [7, 11) is -1.31. The predicted octanol–water partition coefficient (Wildman–Crippen LogP) is 1.93. The van der Waals surface area contributed by atoms with E-state index in [-0.39, 0.29) is 17.4 Å². The van der Waals surface area contributed by atoms with E-state index in [1.807, 2.05) is 0 Å². The van der Waals surface area contributed by atoms with Gasteiger partial charge in [0.2, 0.25) is 0 Å². The molecular weight excluding hydrogens is 296 g/mol. The van der Waals surface area contributed by atoms with Crippen LogP contribution in [-0.2, 0) is 17.4 Å². The first-order valence-corrected chi connectivity index (χ1v) is 8.33. The van der Waals surface area contributed by atoms with E-state index in [2.05, 4.69) is 91.0 Å². The molecule has 0 aliphatic rings. The first-order valence-electron chi connectivity index (χ1n) is 6.60. The molecule has 3 rings (SSSR count). The molecule has 3 aromatic carbocycles. The zero-order chi connectivity index (χ0) is 12.9. The molecular formula is C18H16CrSi. The zero-order valence-electron chi connectivity index (χ0n) is 11.1. The third-order valence-corrected chi connectivity index (χ3v) is 6.55. The molecule has 0 aliphatic heterocycles. The molecule has 0 saturated heterocycles. The third-order valence-electron chi connectivity index (χ3n) is 3.40. The van der Waals surface area contributed by atoms with Gasteiger partial charge in [-0.1, -0.05) is 107 Å². The first-order chi connectivity index (χ1) is 9.45. The molecule has 98 valence electrons. The van der Waals surface area contributed by atoms with Crippen molar-refractivity contribution >= 4 is 24.4 Å². The first kappa shape index (κ1) is 14.8. The van der Waals surface area contributed by atoms with Crippen LogP contribution < -0.4 is 15.6 Å². The van der Waals surface area contributed by atoms with Crippen molar-refractivity contribution in [1.82, 2.24) is 0 Å². The number of rotatable bonds is 3. The number of benzene rings is 3. The van der Waals surface area contributed by atoms with Gasteiger partial charge >= 0.3 is 0 Å². The molecule has 0 radical (unpaired) electrons. The summed E-state index contributed by atoms with van der Waals surface area (Å²) in [4.78, 5) is 0. The SMILES string of the molecule is [Cr].c1ccc([SiH](c2ccccc2)c2ccccc2)cc1. The second-order valence-electron chi connectivity index (χ2n) is 4.67. The van der Waals surface area contributed by atoms with Crippen LogP contribution in [0.4, 0.5) is 0 Å². The molecule has 0 aliphatic carbocycles. The molecule has 0 amide bonds. The van der Waals surface area contributed by atoms with Crippen LogP contribution in [0.15, 0.2) is 91.0 Å². The van der Waals surface area contributed by atoms with E-state index < -0.39 is 8.80 Å². The molecule has 0 unspecified atom stereocenters. The molecule has 0 bridgehead atoms. The van der Waals surface area contributed by atoms with Crippen LogP contribution >= 0.6 is 0 Å². The summed E-state index contributed by atoms with van der Waals surface area (Å²) in [5.41, 5.74) is 0. The Labute approximate surface area is 132 Å². The summed E-state index contributed by atoms with van der Waals surface area (Å²) in [6, 6.07) is 32.7. The standard InChI is InChI=1S/C18H16Si.Cr/c1-4-10-16(11-5-1)19(17-12-6-2-7-13-17)18-14-8-3-9-15-18;/h1-15,19H;. The van der Waals surface area contributed by atoms with Gasteiger partial charge in [-0.3, -0.25) is 0 Å². The zero-order valence-corrected chi connectivity index (χ0v) is 13.6. The summed E-state index contributed by atoms with van der Waals surface area (Å²) < 4.78 is 0. The normalized spacial score (nSPS) is 10.1. The Hall–Kier alpha value is -1.59. The Kier molecular flexibility index (Phi) is 5.38. The molecule has 0 heterocycles.